The SMILES string of the molecule is N[C@@H]1CN(c2ncc(Cl)cc2Cl)C[C@H]1C1CC1. The first-order valence-electron chi connectivity index (χ1n) is 5.96. The van der Waals surface area contributed by atoms with Crippen LogP contribution in [-0.4, -0.2) is 24.1 Å². The smallest absolute Gasteiger partial charge is 0.147 e. The number of nitrogens with zero attached hydrogens (tertiary/aromatic N) is 2. The highest BCUT2D eigenvalue weighted by molar-refractivity contribution is 6.36. The fourth-order valence-corrected chi connectivity index (χ4v) is 3.19. The van der Waals surface area contributed by atoms with E-state index in [0.29, 0.717) is 16.0 Å². The van der Waals surface area contributed by atoms with Gasteiger partial charge in [0.25, 0.3) is 0 Å². The largest absolute Gasteiger partial charge is 0.353 e. The number of hydrogen-bond donors (Lipinski definition) is 1. The van der Waals surface area contributed by atoms with Crippen LogP contribution in [-0.2, 0) is 0 Å². The second-order valence-electron chi connectivity index (χ2n) is 5.03. The van der Waals surface area contributed by atoms with E-state index in [9.17, 15) is 0 Å². The molecule has 0 bridgehead atoms. The number of aromatic nitrogens is 1. The molecular formula is C12H15Cl2N3. The van der Waals surface area contributed by atoms with Crippen LogP contribution in [0.4, 0.5) is 5.82 Å². The maximum absolute atomic E-state index is 6.19. The zero-order valence-electron chi connectivity index (χ0n) is 9.44. The van der Waals surface area contributed by atoms with Crippen molar-refractivity contribution in [2.45, 2.75) is 18.9 Å². The van der Waals surface area contributed by atoms with Gasteiger partial charge in [0.15, 0.2) is 0 Å². The van der Waals surface area contributed by atoms with Gasteiger partial charge in [-0.25, -0.2) is 4.98 Å². The molecule has 2 atom stereocenters. The van der Waals surface area contributed by atoms with Gasteiger partial charge >= 0.3 is 0 Å². The van der Waals surface area contributed by atoms with Crippen LogP contribution in [0.25, 0.3) is 0 Å². The summed E-state index contributed by atoms with van der Waals surface area (Å²) in [5.41, 5.74) is 6.19. The van der Waals surface area contributed by atoms with E-state index in [1.54, 1.807) is 12.3 Å². The van der Waals surface area contributed by atoms with E-state index in [0.717, 1.165) is 24.8 Å². The van der Waals surface area contributed by atoms with Crippen molar-refractivity contribution in [1.82, 2.24) is 4.98 Å². The topological polar surface area (TPSA) is 42.1 Å². The summed E-state index contributed by atoms with van der Waals surface area (Å²) in [5.74, 6) is 2.24. The molecule has 0 amide bonds. The Bertz CT molecular complexity index is 434. The van der Waals surface area contributed by atoms with Gasteiger partial charge < -0.3 is 10.6 Å². The Morgan fingerprint density at radius 2 is 2.06 bits per heavy atom. The third-order valence-electron chi connectivity index (χ3n) is 3.73. The number of nitrogens with two attached hydrogens (primary N) is 1. The molecular weight excluding hydrogens is 257 g/mol. The lowest BCUT2D eigenvalue weighted by Gasteiger charge is -2.18. The Morgan fingerprint density at radius 1 is 1.29 bits per heavy atom. The Balaban J connectivity index is 1.80. The molecule has 1 saturated carbocycles. The fourth-order valence-electron chi connectivity index (χ4n) is 2.69. The molecule has 0 spiro atoms. The summed E-state index contributed by atoms with van der Waals surface area (Å²) in [5, 5.41) is 1.18. The lowest BCUT2D eigenvalue weighted by Crippen LogP contribution is -2.30. The van der Waals surface area contributed by atoms with Crippen molar-refractivity contribution in [3.63, 3.8) is 0 Å². The summed E-state index contributed by atoms with van der Waals surface area (Å²) in [6.07, 6.45) is 4.29. The van der Waals surface area contributed by atoms with Crippen LogP contribution in [0.3, 0.4) is 0 Å². The molecule has 2 aliphatic rings. The lowest BCUT2D eigenvalue weighted by atomic mass is 9.99. The summed E-state index contributed by atoms with van der Waals surface area (Å²) in [6.45, 7) is 1.82. The molecule has 2 N–H and O–H groups in total. The van der Waals surface area contributed by atoms with Gasteiger partial charge in [0.1, 0.15) is 5.82 Å². The summed E-state index contributed by atoms with van der Waals surface area (Å²) < 4.78 is 0. The second-order valence-corrected chi connectivity index (χ2v) is 5.87. The molecule has 1 aromatic heterocycles. The Hall–Kier alpha value is -0.510. The van der Waals surface area contributed by atoms with Crippen LogP contribution in [0, 0.1) is 11.8 Å². The summed E-state index contributed by atoms with van der Waals surface area (Å²) in [4.78, 5) is 6.50. The third-order valence-corrected chi connectivity index (χ3v) is 4.21. The van der Waals surface area contributed by atoms with Crippen LogP contribution >= 0.6 is 23.2 Å². The predicted octanol–water partition coefficient (Wildman–Crippen LogP) is 2.56. The molecule has 3 nitrogen and oxygen atoms in total. The first-order valence-corrected chi connectivity index (χ1v) is 6.72. The standard InChI is InChI=1S/C12H15Cl2N3/c13-8-3-10(14)12(16-4-8)17-5-9(7-1-2-7)11(15)6-17/h3-4,7,9,11H,1-2,5-6,15H2/t9-,11+/m0/s1. The molecule has 0 unspecified atom stereocenters. The van der Waals surface area contributed by atoms with Gasteiger partial charge in [-0.05, 0) is 30.7 Å². The van der Waals surface area contributed by atoms with Crippen LogP contribution in [0.5, 0.6) is 0 Å². The molecule has 1 aromatic rings. The van der Waals surface area contributed by atoms with Gasteiger partial charge in [-0.1, -0.05) is 23.2 Å². The van der Waals surface area contributed by atoms with Crippen LogP contribution < -0.4 is 10.6 Å². The molecule has 17 heavy (non-hydrogen) atoms. The molecule has 1 saturated heterocycles. The minimum absolute atomic E-state index is 0.246. The molecule has 3 rings (SSSR count). The average molecular weight is 272 g/mol. The van der Waals surface area contributed by atoms with Crippen molar-refractivity contribution in [3.8, 4) is 0 Å². The lowest BCUT2D eigenvalue weighted by molar-refractivity contribution is 0.456. The van der Waals surface area contributed by atoms with E-state index in [4.69, 9.17) is 28.9 Å². The number of anilines is 1. The molecule has 0 aromatic carbocycles. The van der Waals surface area contributed by atoms with Crippen LogP contribution in [0.1, 0.15) is 12.8 Å². The molecule has 1 aliphatic heterocycles. The van der Waals surface area contributed by atoms with Crippen molar-refractivity contribution >= 4 is 29.0 Å². The first kappa shape index (κ1) is 11.6. The fraction of sp³-hybridized carbons (Fsp3) is 0.583. The highest BCUT2D eigenvalue weighted by atomic mass is 35.5. The van der Waals surface area contributed by atoms with Crippen molar-refractivity contribution in [2.75, 3.05) is 18.0 Å². The molecule has 1 aliphatic carbocycles. The number of hydrogen-bond acceptors (Lipinski definition) is 3. The summed E-state index contributed by atoms with van der Waals surface area (Å²) >= 11 is 12.0. The second kappa shape index (κ2) is 4.30. The first-order chi connectivity index (χ1) is 8.15. The molecule has 92 valence electrons. The van der Waals surface area contributed by atoms with E-state index in [1.807, 2.05) is 0 Å². The zero-order chi connectivity index (χ0) is 12.0. The third kappa shape index (κ3) is 2.24. The Kier molecular flexibility index (Phi) is 2.93. The molecule has 0 radical (unpaired) electrons. The Morgan fingerprint density at radius 3 is 2.71 bits per heavy atom. The summed E-state index contributed by atoms with van der Waals surface area (Å²) in [7, 11) is 0. The summed E-state index contributed by atoms with van der Waals surface area (Å²) in [6, 6.07) is 1.98. The van der Waals surface area contributed by atoms with Gasteiger partial charge in [-0.15, -0.1) is 0 Å². The molecule has 5 heteroatoms. The predicted molar refractivity (Wildman–Crippen MR) is 70.7 cm³/mol. The van der Waals surface area contributed by atoms with Crippen LogP contribution in [0.15, 0.2) is 12.3 Å². The quantitative estimate of drug-likeness (QED) is 0.899. The zero-order valence-corrected chi connectivity index (χ0v) is 11.0. The number of pyridine rings is 1. The van der Waals surface area contributed by atoms with Gasteiger partial charge in [0.2, 0.25) is 0 Å². The van der Waals surface area contributed by atoms with Gasteiger partial charge in [0, 0.05) is 25.3 Å². The van der Waals surface area contributed by atoms with E-state index in [2.05, 4.69) is 9.88 Å². The van der Waals surface area contributed by atoms with Crippen LogP contribution in [0.2, 0.25) is 10.0 Å². The van der Waals surface area contributed by atoms with Crippen molar-refractivity contribution in [3.05, 3.63) is 22.3 Å². The molecule has 2 fully saturated rings. The van der Waals surface area contributed by atoms with E-state index in [1.165, 1.54) is 12.8 Å². The normalized spacial score (nSPS) is 28.8. The monoisotopic (exact) mass is 271 g/mol. The van der Waals surface area contributed by atoms with Crippen molar-refractivity contribution in [2.24, 2.45) is 17.6 Å². The van der Waals surface area contributed by atoms with Crippen molar-refractivity contribution < 1.29 is 0 Å². The highest BCUT2D eigenvalue weighted by Gasteiger charge is 2.41. The highest BCUT2D eigenvalue weighted by Crippen LogP contribution is 2.42. The number of rotatable bonds is 2. The maximum atomic E-state index is 6.19. The Labute approximate surface area is 111 Å². The minimum atomic E-state index is 0.246. The minimum Gasteiger partial charge on any atom is -0.353 e. The van der Waals surface area contributed by atoms with Gasteiger partial charge in [-0.3, -0.25) is 0 Å². The van der Waals surface area contributed by atoms with E-state index in [-0.39, 0.29) is 6.04 Å². The molecule has 2 heterocycles. The van der Waals surface area contributed by atoms with E-state index >= 15 is 0 Å². The van der Waals surface area contributed by atoms with Gasteiger partial charge in [-0.2, -0.15) is 0 Å². The van der Waals surface area contributed by atoms with E-state index < -0.39 is 0 Å². The van der Waals surface area contributed by atoms with Gasteiger partial charge in [0.05, 0.1) is 10.0 Å². The maximum Gasteiger partial charge on any atom is 0.147 e. The number of halogens is 2. The average Bonchev–Trinajstić information content (AvgIpc) is 3.03. The van der Waals surface area contributed by atoms with Crippen molar-refractivity contribution in [1.29, 1.82) is 0 Å².